The van der Waals surface area contributed by atoms with Crippen LogP contribution < -0.4 is 16.0 Å². The number of aliphatic hydroxyl groups is 20. The molecule has 15 saturated heterocycles. The minimum absolute atomic E-state index is 0.0146. The number of ether oxygens (including phenoxy) is 15. The molecule has 15 aliphatic rings. The standard InChI is InChI=1S/C64H115N4O37Si2/c1-8-14-68(15-9-2)19-27(3)57(89)90-26-28(75)17-66-12-13-67-36-37(76)50-29(18-65-11-10-16-107(6,7)105-106(4)5)91-58(36)98-51-30(20-69)92-60(44(83)38(51)77)100-53-32(22-71)94-62(46(85)40(53)79)102-55-34(24-73)96-64(48(87)42(55)81)104-56-35(25-74)97-63(49(88)43(56)82)103-54-33(23-72)95-61(47(86)41(54)80)101-52-31(21-70)93-59(99-50)45(84)39(52)78/h8-9,27-56,58-67,69-88H,1-2,10-26H2,3-7H3/t27?,28?,29-,30-,31-,32-,33-,34-,35-,36-,37-,38-,39-,40-,41-,42-,43-,44-,45-,46-,47-,48-,49-,50-,51-,52-,53-,54-,55-,56-,58-,59-,60-,61-,62-,63-,64-/m1/s1. The molecule has 15 fully saturated rings. The fourth-order valence-corrected chi connectivity index (χ4v) is 20.0. The van der Waals surface area contributed by atoms with Crippen molar-refractivity contribution in [3.63, 3.8) is 0 Å². The number of hydrogen-bond acceptors (Lipinski definition) is 41. The highest BCUT2D eigenvalue weighted by molar-refractivity contribution is 6.77. The van der Waals surface area contributed by atoms with E-state index in [1.54, 1.807) is 19.1 Å². The molecule has 0 aromatic heterocycles. The van der Waals surface area contributed by atoms with Crippen molar-refractivity contribution >= 4 is 23.3 Å². The van der Waals surface area contributed by atoms with Crippen LogP contribution in [0.5, 0.6) is 0 Å². The van der Waals surface area contributed by atoms with Crippen LogP contribution in [0.1, 0.15) is 13.3 Å². The van der Waals surface area contributed by atoms with Gasteiger partial charge in [-0.15, -0.1) is 13.2 Å². The summed E-state index contributed by atoms with van der Waals surface area (Å²) in [4.78, 5) is 14.9. The zero-order valence-corrected chi connectivity index (χ0v) is 62.3. The van der Waals surface area contributed by atoms with Gasteiger partial charge >= 0.3 is 5.97 Å². The third kappa shape index (κ3) is 22.5. The molecule has 43 heteroatoms. The quantitative estimate of drug-likeness (QED) is 0.0143. The van der Waals surface area contributed by atoms with Crippen molar-refractivity contribution in [1.29, 1.82) is 0 Å². The van der Waals surface area contributed by atoms with E-state index in [-0.39, 0.29) is 26.2 Å². The first-order valence-electron chi connectivity index (χ1n) is 36.0. The smallest absolute Gasteiger partial charge is 0.310 e. The molecular formula is C64H115N4O37Si2. The highest BCUT2D eigenvalue weighted by atomic mass is 28.4. The lowest BCUT2D eigenvalue weighted by Crippen LogP contribution is -2.70. The maximum atomic E-state index is 13.0. The molecule has 0 aliphatic carbocycles. The maximum Gasteiger partial charge on any atom is 0.310 e. The summed E-state index contributed by atoms with van der Waals surface area (Å²) in [6.07, 6.45) is -64.5. The number of nitrogens with zero attached hydrogens (tertiary/aromatic N) is 1. The maximum absolute atomic E-state index is 13.0. The Labute approximate surface area is 620 Å². The normalized spacial score (nSPS) is 43.9. The van der Waals surface area contributed by atoms with E-state index in [9.17, 15) is 107 Å². The Bertz CT molecular complexity index is 2640. The van der Waals surface area contributed by atoms with E-state index in [0.29, 0.717) is 38.6 Å². The van der Waals surface area contributed by atoms with Crippen molar-refractivity contribution in [2.24, 2.45) is 5.92 Å². The van der Waals surface area contributed by atoms with E-state index in [0.717, 1.165) is 0 Å². The second kappa shape index (κ2) is 41.9. The van der Waals surface area contributed by atoms with Gasteiger partial charge in [0.2, 0.25) is 0 Å². The highest BCUT2D eigenvalue weighted by Crippen LogP contribution is 2.39. The predicted molar refractivity (Wildman–Crippen MR) is 361 cm³/mol. The molecule has 0 spiro atoms. The number of nitrogens with one attached hydrogen (secondary N) is 3. The average molecular weight is 1590 g/mol. The number of rotatable bonds is 29. The SMILES string of the molecule is C=CCN(CC=C)CC(C)C(=O)OCC(O)CNCCN[C@H]1[C@H]2O[C@H]3[C@H](O)[C@@H](O)[C@@H](O[C@H]4[C@H](O)[C@@H](O)[C@@H](O[C@H]5[C@H](O)[C@@H](O)[C@@H](O[C@H]6[C@H](O)[C@@H](O)[C@@H](O[C@H]7[C@H](O)[C@@H](O)[C@@H](O[C@H]8[C@H](O)[C@@H](O)[C@@H](O[C@@H]([C@@H]1O)[C@@H](CNCCC[Si](C)(C)O[Si](C)C)O2)O[C@@H]8CO)O[C@@H]7CO)O[C@@H]6CO)O[C@@H]5CO)O[C@@H]4CO)O[C@@H]3CO. The van der Waals surface area contributed by atoms with Crippen molar-refractivity contribution in [3.05, 3.63) is 25.3 Å². The topological polar surface area (TPSA) is 609 Å². The molecule has 41 nitrogen and oxygen atoms in total. The Morgan fingerprint density at radius 2 is 0.776 bits per heavy atom. The Balaban J connectivity index is 1.10. The molecule has 15 aliphatic heterocycles. The minimum atomic E-state index is -2.23. The van der Waals surface area contributed by atoms with Gasteiger partial charge in [-0.3, -0.25) is 9.69 Å². The lowest BCUT2D eigenvalue weighted by Gasteiger charge is -2.51. The molecule has 37 atom stereocenters. The van der Waals surface area contributed by atoms with E-state index < -0.39 is 296 Å². The van der Waals surface area contributed by atoms with Crippen molar-refractivity contribution in [2.45, 2.75) is 267 Å². The first kappa shape index (κ1) is 90.4. The Kier molecular flexibility index (Phi) is 35.4. The third-order valence-corrected chi connectivity index (χ3v) is 25.2. The van der Waals surface area contributed by atoms with E-state index in [1.807, 2.05) is 18.0 Å². The van der Waals surface area contributed by atoms with Crippen LogP contribution in [0.15, 0.2) is 25.3 Å². The van der Waals surface area contributed by atoms with Gasteiger partial charge in [0.1, 0.15) is 178 Å². The summed E-state index contributed by atoms with van der Waals surface area (Å²) >= 11 is 0. The van der Waals surface area contributed by atoms with E-state index in [1.165, 1.54) is 0 Å². The van der Waals surface area contributed by atoms with E-state index >= 15 is 0 Å². The van der Waals surface area contributed by atoms with Crippen molar-refractivity contribution < 1.29 is 182 Å². The number of carbonyl (C=O) groups excluding carboxylic acids is 1. The largest absolute Gasteiger partial charge is 0.463 e. The molecule has 23 N–H and O–H groups in total. The van der Waals surface area contributed by atoms with Crippen molar-refractivity contribution in [3.8, 4) is 0 Å². The summed E-state index contributed by atoms with van der Waals surface area (Å²) in [6.45, 7) is 11.8. The first-order valence-corrected chi connectivity index (χ1v) is 41.5. The lowest BCUT2D eigenvalue weighted by atomic mass is 9.94. The zero-order chi connectivity index (χ0) is 78.5. The molecule has 0 saturated carbocycles. The van der Waals surface area contributed by atoms with Crippen LogP contribution in [0.25, 0.3) is 0 Å². The van der Waals surface area contributed by atoms with Crippen LogP contribution in [0.3, 0.4) is 0 Å². The van der Waals surface area contributed by atoms with Crippen molar-refractivity contribution in [2.75, 3.05) is 98.6 Å². The average Bonchev–Trinajstić information content (AvgIpc) is 0.793. The molecule has 107 heavy (non-hydrogen) atoms. The second-order valence-corrected chi connectivity index (χ2v) is 35.4. The van der Waals surface area contributed by atoms with Gasteiger partial charge in [0.15, 0.2) is 61.4 Å². The van der Waals surface area contributed by atoms with Crippen LogP contribution in [-0.4, -0.2) is 450 Å². The van der Waals surface area contributed by atoms with Crippen LogP contribution in [0, 0.1) is 5.92 Å². The van der Waals surface area contributed by atoms with Crippen LogP contribution in [0.2, 0.25) is 32.2 Å². The van der Waals surface area contributed by atoms with Crippen LogP contribution in [-0.2, 0) is 80.0 Å². The van der Waals surface area contributed by atoms with Crippen LogP contribution >= 0.6 is 0 Å². The molecule has 0 aromatic carbocycles. The van der Waals surface area contributed by atoms with Gasteiger partial charge in [-0.2, -0.15) is 0 Å². The van der Waals surface area contributed by atoms with Gasteiger partial charge in [-0.1, -0.05) is 19.1 Å². The minimum Gasteiger partial charge on any atom is -0.463 e. The third-order valence-electron chi connectivity index (χ3n) is 19.8. The number of aliphatic hydroxyl groups excluding tert-OH is 20. The van der Waals surface area contributed by atoms with Gasteiger partial charge in [-0.25, -0.2) is 0 Å². The predicted octanol–water partition coefficient (Wildman–Crippen LogP) is -12.4. The van der Waals surface area contributed by atoms with Gasteiger partial charge in [0.05, 0.1) is 51.6 Å². The monoisotopic (exact) mass is 1590 g/mol. The van der Waals surface area contributed by atoms with Gasteiger partial charge in [-0.05, 0) is 45.2 Å². The van der Waals surface area contributed by atoms with Crippen LogP contribution in [0.4, 0.5) is 0 Å². The highest BCUT2D eigenvalue weighted by Gasteiger charge is 2.60. The lowest BCUT2D eigenvalue weighted by molar-refractivity contribution is -0.396. The van der Waals surface area contributed by atoms with E-state index in [4.69, 9.17) is 75.2 Å². The second-order valence-electron chi connectivity index (χ2n) is 28.7. The molecule has 1 radical (unpaired) electrons. The summed E-state index contributed by atoms with van der Waals surface area (Å²) in [5, 5.41) is 238. The number of esters is 1. The first-order chi connectivity index (χ1) is 50.9. The van der Waals surface area contributed by atoms with E-state index in [2.05, 4.69) is 42.2 Å². The zero-order valence-electron chi connectivity index (χ0n) is 60.3. The van der Waals surface area contributed by atoms with Gasteiger partial charge in [0, 0.05) is 45.8 Å². The summed E-state index contributed by atoms with van der Waals surface area (Å²) in [5.74, 6) is -1.15. The molecule has 621 valence electrons. The summed E-state index contributed by atoms with van der Waals surface area (Å²) in [6, 6.07) is -0.830. The molecule has 0 aromatic rings. The number of hydrogen-bond donors (Lipinski definition) is 23. The molecule has 15 rings (SSSR count). The number of carbonyl (C=O) groups is 1. The summed E-state index contributed by atoms with van der Waals surface area (Å²) in [7, 11) is -3.21. The molecule has 2 unspecified atom stereocenters. The molecule has 15 heterocycles. The molecule has 14 bridgehead atoms. The van der Waals surface area contributed by atoms with Gasteiger partial charge in [0.25, 0.3) is 0 Å². The summed E-state index contributed by atoms with van der Waals surface area (Å²) < 4.78 is 95.8. The fraction of sp³-hybridized carbons (Fsp3) is 0.922. The Hall–Kier alpha value is -2.18. The molecule has 0 amide bonds. The fourth-order valence-electron chi connectivity index (χ4n) is 14.2. The van der Waals surface area contributed by atoms with Crippen molar-refractivity contribution in [1.82, 2.24) is 20.9 Å². The Morgan fingerprint density at radius 1 is 0.458 bits per heavy atom. The molecular weight excluding hydrogens is 1470 g/mol. The summed E-state index contributed by atoms with van der Waals surface area (Å²) in [5.41, 5.74) is 0. The Morgan fingerprint density at radius 3 is 1.09 bits per heavy atom. The van der Waals surface area contributed by atoms with Gasteiger partial charge < -0.3 is 193 Å². The number of fused-ring (bicyclic) bond motifs is 7.